The summed E-state index contributed by atoms with van der Waals surface area (Å²) in [5.41, 5.74) is 0. The van der Waals surface area contributed by atoms with Gasteiger partial charge in [-0.3, -0.25) is 0 Å². The first-order valence-corrected chi connectivity index (χ1v) is 10.1. The van der Waals surface area contributed by atoms with Gasteiger partial charge in [-0.25, -0.2) is 0 Å². The second-order valence-electron chi connectivity index (χ2n) is 5.73. The molecule has 0 aliphatic heterocycles. The zero-order valence-electron chi connectivity index (χ0n) is 13.6. The van der Waals surface area contributed by atoms with Gasteiger partial charge in [-0.1, -0.05) is 45.2 Å². The minimum absolute atomic E-state index is 0.861. The smallest absolute Gasteiger partial charge is 0.200 e. The fraction of sp³-hybridized carbons (Fsp3) is 1.00. The third-order valence-corrected chi connectivity index (χ3v) is 4.79. The fourth-order valence-electron chi connectivity index (χ4n) is 1.80. The van der Waals surface area contributed by atoms with Gasteiger partial charge in [-0.2, -0.15) is 70.2 Å². The second kappa shape index (κ2) is 8.60. The minimum Gasteiger partial charge on any atom is -0.200 e. The molecule has 0 radical (unpaired) electrons. The van der Waals surface area contributed by atoms with Crippen LogP contribution in [0.15, 0.2) is 0 Å². The van der Waals surface area contributed by atoms with Crippen LogP contribution in [0.5, 0.6) is 0 Å². The lowest BCUT2D eigenvalue weighted by Gasteiger charge is -2.43. The Balaban J connectivity index is 6.67. The third-order valence-electron chi connectivity index (χ3n) is 3.71. The number of rotatable bonds is 11. The third kappa shape index (κ3) is 4.16. The van der Waals surface area contributed by atoms with E-state index in [1.54, 1.807) is 0 Å². The molecule has 0 spiro atoms. The molecule has 0 aromatic carbocycles. The Morgan fingerprint density at radius 1 is 0.333 bits per heavy atom. The zero-order chi connectivity index (χ0) is 24.8. The second-order valence-corrected chi connectivity index (χ2v) is 7.89. The Morgan fingerprint density at radius 3 is 0.667 bits per heavy atom. The molecule has 0 saturated heterocycles. The molecule has 0 aromatic rings. The summed E-state index contributed by atoms with van der Waals surface area (Å²) in [5, 5.41) is 0. The van der Waals surface area contributed by atoms with Crippen molar-refractivity contribution in [2.45, 2.75) is 60.2 Å². The van der Waals surface area contributed by atoms with Crippen molar-refractivity contribution in [1.82, 2.24) is 0 Å². The van der Waals surface area contributed by atoms with E-state index in [0.717, 1.165) is 45.2 Å². The van der Waals surface area contributed by atoms with Crippen molar-refractivity contribution in [3.8, 4) is 0 Å². The van der Waals surface area contributed by atoms with E-state index < -0.39 is 69.1 Å². The standard InChI is InChI=1S/C12H8F16I2/c13-5(14,1-3-29)7(17,18)9(21,22)11(25,26)12(27,28)10(23,24)8(19,20)6(15,16)2-4-30/h1-4H2. The van der Waals surface area contributed by atoms with Crippen molar-refractivity contribution in [2.24, 2.45) is 0 Å². The Morgan fingerprint density at radius 2 is 0.500 bits per heavy atom. The van der Waals surface area contributed by atoms with Gasteiger partial charge in [0.15, 0.2) is 0 Å². The molecule has 0 amide bonds. The van der Waals surface area contributed by atoms with Gasteiger partial charge in [0.2, 0.25) is 0 Å². The average molecular weight is 710 g/mol. The van der Waals surface area contributed by atoms with Crippen LogP contribution in [0.25, 0.3) is 0 Å². The van der Waals surface area contributed by atoms with Gasteiger partial charge in [0, 0.05) is 21.7 Å². The van der Waals surface area contributed by atoms with Gasteiger partial charge in [0.05, 0.1) is 0 Å². The number of halogens is 18. The monoisotopic (exact) mass is 710 g/mol. The van der Waals surface area contributed by atoms with Crippen LogP contribution >= 0.6 is 45.2 Å². The molecule has 0 rings (SSSR count). The van der Waals surface area contributed by atoms with E-state index in [4.69, 9.17) is 0 Å². The largest absolute Gasteiger partial charge is 0.384 e. The first kappa shape index (κ1) is 30.3. The topological polar surface area (TPSA) is 0 Å². The normalized spacial score (nSPS) is 16.2. The highest BCUT2D eigenvalue weighted by atomic mass is 127. The molecule has 182 valence electrons. The first-order chi connectivity index (χ1) is 12.9. The predicted octanol–water partition coefficient (Wildman–Crippen LogP) is 7.72. The molecule has 30 heavy (non-hydrogen) atoms. The number of hydrogen-bond acceptors (Lipinski definition) is 0. The van der Waals surface area contributed by atoms with Crippen molar-refractivity contribution < 1.29 is 70.2 Å². The van der Waals surface area contributed by atoms with E-state index in [1.807, 2.05) is 0 Å². The molecular weight excluding hydrogens is 702 g/mol. The molecule has 0 saturated carbocycles. The molecule has 0 fully saturated rings. The summed E-state index contributed by atoms with van der Waals surface area (Å²) in [6.45, 7) is 0. The van der Waals surface area contributed by atoms with Gasteiger partial charge in [0.1, 0.15) is 0 Å². The van der Waals surface area contributed by atoms with Gasteiger partial charge in [0.25, 0.3) is 0 Å². The van der Waals surface area contributed by atoms with Crippen LogP contribution in [0, 0.1) is 0 Å². The molecule has 0 N–H and O–H groups in total. The van der Waals surface area contributed by atoms with Gasteiger partial charge in [-0.15, -0.1) is 0 Å². The van der Waals surface area contributed by atoms with Crippen LogP contribution in [0.4, 0.5) is 70.2 Å². The number of alkyl halides is 18. The highest BCUT2D eigenvalue weighted by molar-refractivity contribution is 14.1. The van der Waals surface area contributed by atoms with Gasteiger partial charge < -0.3 is 0 Å². The van der Waals surface area contributed by atoms with Crippen LogP contribution in [0.3, 0.4) is 0 Å². The van der Waals surface area contributed by atoms with E-state index in [2.05, 4.69) is 0 Å². The summed E-state index contributed by atoms with van der Waals surface area (Å²) in [6, 6.07) is 0. The van der Waals surface area contributed by atoms with Crippen LogP contribution in [-0.4, -0.2) is 56.2 Å². The summed E-state index contributed by atoms with van der Waals surface area (Å²) < 4.78 is 211. The van der Waals surface area contributed by atoms with E-state index in [0.29, 0.717) is 0 Å². The molecular formula is C12H8F16I2. The van der Waals surface area contributed by atoms with E-state index in [-0.39, 0.29) is 0 Å². The van der Waals surface area contributed by atoms with Gasteiger partial charge in [-0.05, 0) is 0 Å². The van der Waals surface area contributed by atoms with Crippen LogP contribution in [0.1, 0.15) is 12.8 Å². The molecule has 0 unspecified atom stereocenters. The molecule has 0 atom stereocenters. The molecule has 0 aromatic heterocycles. The molecule has 18 heteroatoms. The van der Waals surface area contributed by atoms with Crippen LogP contribution in [0.2, 0.25) is 0 Å². The first-order valence-electron chi connectivity index (χ1n) is 7.02. The average Bonchev–Trinajstić information content (AvgIpc) is 2.53. The molecule has 0 bridgehead atoms. The van der Waals surface area contributed by atoms with Crippen molar-refractivity contribution in [3.05, 3.63) is 0 Å². The van der Waals surface area contributed by atoms with Crippen molar-refractivity contribution in [1.29, 1.82) is 0 Å². The van der Waals surface area contributed by atoms with Crippen molar-refractivity contribution in [2.75, 3.05) is 8.86 Å². The maximum absolute atomic E-state index is 13.5. The van der Waals surface area contributed by atoms with E-state index in [9.17, 15) is 70.2 Å². The van der Waals surface area contributed by atoms with Crippen LogP contribution < -0.4 is 0 Å². The Bertz CT molecular complexity index is 547. The van der Waals surface area contributed by atoms with Crippen LogP contribution in [-0.2, 0) is 0 Å². The lowest BCUT2D eigenvalue weighted by molar-refractivity contribution is -0.453. The van der Waals surface area contributed by atoms with E-state index >= 15 is 0 Å². The highest BCUT2D eigenvalue weighted by Gasteiger charge is 2.94. The Labute approximate surface area is 184 Å². The lowest BCUT2D eigenvalue weighted by atomic mass is 9.87. The van der Waals surface area contributed by atoms with Crippen molar-refractivity contribution >= 4 is 45.2 Å². The summed E-state index contributed by atoms with van der Waals surface area (Å²) in [4.78, 5) is 0. The maximum atomic E-state index is 13.5. The SMILES string of the molecule is FC(F)(CCI)C(F)(F)C(F)(F)C(F)(F)C(F)(F)C(F)(F)C(F)(F)C(F)(F)CCI. The maximum Gasteiger partial charge on any atom is 0.384 e. The lowest BCUT2D eigenvalue weighted by Crippen LogP contribution is -2.74. The summed E-state index contributed by atoms with van der Waals surface area (Å²) in [7, 11) is 0. The quantitative estimate of drug-likeness (QED) is 0.117. The van der Waals surface area contributed by atoms with Gasteiger partial charge >= 0.3 is 47.4 Å². The summed E-state index contributed by atoms with van der Waals surface area (Å²) in [5.74, 6) is -60.1. The summed E-state index contributed by atoms with van der Waals surface area (Å²) >= 11 is 1.72. The predicted molar refractivity (Wildman–Crippen MR) is 86.6 cm³/mol. The molecule has 0 heterocycles. The van der Waals surface area contributed by atoms with Crippen molar-refractivity contribution in [3.63, 3.8) is 0 Å². The zero-order valence-corrected chi connectivity index (χ0v) is 17.9. The Hall–Kier alpha value is 0.340. The molecule has 0 nitrogen and oxygen atoms in total. The summed E-state index contributed by atoms with van der Waals surface area (Å²) in [6.07, 6.45) is -4.67. The van der Waals surface area contributed by atoms with E-state index in [1.165, 1.54) is 0 Å². The Kier molecular flexibility index (Phi) is 8.70. The highest BCUT2D eigenvalue weighted by Crippen LogP contribution is 2.64. The fourth-order valence-corrected chi connectivity index (χ4v) is 3.15. The molecule has 0 aliphatic rings. The minimum atomic E-state index is -8.33. The molecule has 0 aliphatic carbocycles. The number of hydrogen-bond donors (Lipinski definition) is 0.